The van der Waals surface area contributed by atoms with Crippen molar-refractivity contribution in [1.82, 2.24) is 24.6 Å². The number of rotatable bonds is 7. The lowest BCUT2D eigenvalue weighted by molar-refractivity contribution is 0.189. The molecule has 3 aromatic rings. The van der Waals surface area contributed by atoms with Crippen LogP contribution in [0.25, 0.3) is 11.1 Å². The highest BCUT2D eigenvalue weighted by Gasteiger charge is 2.30. The minimum absolute atomic E-state index is 0.0764. The van der Waals surface area contributed by atoms with E-state index in [0.29, 0.717) is 56.0 Å². The van der Waals surface area contributed by atoms with Crippen molar-refractivity contribution in [3.63, 3.8) is 0 Å². The molecule has 0 bridgehead atoms. The van der Waals surface area contributed by atoms with Crippen molar-refractivity contribution >= 4 is 21.9 Å². The van der Waals surface area contributed by atoms with Gasteiger partial charge in [-0.2, -0.15) is 15.1 Å². The molecule has 0 radical (unpaired) electrons. The standard InChI is InChI=1S/C25H33FN8O2S/c1-25(2,19-9-10-20(21(26)17-19)18-7-5-4-6-8-18)22-29-24(32(3)31-22)30-23(27)34-13-11-33(12-14-34)15-16-37(28,35)36/h4-10,17H,11-16H2,1-3H3,(H2,28,35,36)(H2,27,29,30,31). The third-order valence-corrected chi connectivity index (χ3v) is 7.43. The van der Waals surface area contributed by atoms with Gasteiger partial charge in [0.15, 0.2) is 11.8 Å². The van der Waals surface area contributed by atoms with Crippen LogP contribution in [-0.2, 0) is 22.5 Å². The van der Waals surface area contributed by atoms with Gasteiger partial charge in [-0.25, -0.2) is 22.6 Å². The largest absolute Gasteiger partial charge is 0.369 e. The van der Waals surface area contributed by atoms with Gasteiger partial charge in [0.2, 0.25) is 10.0 Å². The average molecular weight is 529 g/mol. The monoisotopic (exact) mass is 528 g/mol. The Morgan fingerprint density at radius 3 is 2.41 bits per heavy atom. The molecule has 1 saturated heterocycles. The second kappa shape index (κ2) is 10.6. The van der Waals surface area contributed by atoms with Crippen LogP contribution >= 0.6 is 0 Å². The van der Waals surface area contributed by atoms with Gasteiger partial charge in [0, 0.05) is 45.3 Å². The Hall–Kier alpha value is -3.35. The zero-order valence-electron chi connectivity index (χ0n) is 21.3. The summed E-state index contributed by atoms with van der Waals surface area (Å²) in [4.78, 5) is 13.1. The zero-order valence-corrected chi connectivity index (χ0v) is 22.1. The molecule has 1 fully saturated rings. The van der Waals surface area contributed by atoms with Crippen molar-refractivity contribution < 1.29 is 12.8 Å². The minimum Gasteiger partial charge on any atom is -0.369 e. The third kappa shape index (κ3) is 6.32. The van der Waals surface area contributed by atoms with Crippen LogP contribution in [0.4, 0.5) is 10.3 Å². The maximum atomic E-state index is 15.0. The number of primary sulfonamides is 1. The Labute approximate surface area is 216 Å². The van der Waals surface area contributed by atoms with E-state index in [1.165, 1.54) is 6.07 Å². The van der Waals surface area contributed by atoms with E-state index in [-0.39, 0.29) is 11.6 Å². The highest BCUT2D eigenvalue weighted by atomic mass is 32.2. The van der Waals surface area contributed by atoms with E-state index in [2.05, 4.69) is 15.1 Å². The van der Waals surface area contributed by atoms with Crippen LogP contribution in [-0.4, -0.2) is 77.4 Å². The van der Waals surface area contributed by atoms with Gasteiger partial charge < -0.3 is 10.6 Å². The molecule has 1 aromatic heterocycles. The first-order chi connectivity index (χ1) is 17.4. The molecule has 1 aliphatic heterocycles. The second-order valence-corrected chi connectivity index (χ2v) is 11.4. The van der Waals surface area contributed by atoms with Gasteiger partial charge in [0.05, 0.1) is 11.2 Å². The van der Waals surface area contributed by atoms with Gasteiger partial charge in [0.1, 0.15) is 5.82 Å². The predicted molar refractivity (Wildman–Crippen MR) is 142 cm³/mol. The summed E-state index contributed by atoms with van der Waals surface area (Å²) in [5.41, 5.74) is 7.70. The molecule has 10 nitrogen and oxygen atoms in total. The van der Waals surface area contributed by atoms with Crippen LogP contribution in [0, 0.1) is 5.82 Å². The first-order valence-corrected chi connectivity index (χ1v) is 13.7. The summed E-state index contributed by atoms with van der Waals surface area (Å²) in [5, 5.41) is 9.65. The molecule has 4 rings (SSSR count). The molecule has 1 aliphatic rings. The first-order valence-electron chi connectivity index (χ1n) is 12.0. The fourth-order valence-corrected chi connectivity index (χ4v) is 4.77. The van der Waals surface area contributed by atoms with E-state index < -0.39 is 15.4 Å². The quantitative estimate of drug-likeness (QED) is 0.353. The fourth-order valence-electron chi connectivity index (χ4n) is 4.25. The molecule has 0 aliphatic carbocycles. The molecule has 0 amide bonds. The molecular formula is C25H33FN8O2S. The fraction of sp³-hybridized carbons (Fsp3) is 0.400. The normalized spacial score (nSPS) is 15.8. The lowest BCUT2D eigenvalue weighted by atomic mass is 9.83. The molecule has 0 spiro atoms. The second-order valence-electron chi connectivity index (χ2n) is 9.71. The topological polar surface area (TPSA) is 136 Å². The van der Waals surface area contributed by atoms with E-state index in [0.717, 1.165) is 11.1 Å². The van der Waals surface area contributed by atoms with Crippen LogP contribution in [0.5, 0.6) is 0 Å². The van der Waals surface area contributed by atoms with Crippen molar-refractivity contribution in [3.05, 3.63) is 65.7 Å². The number of hydrogen-bond donors (Lipinski definition) is 2. The average Bonchev–Trinajstić information content (AvgIpc) is 3.23. The number of piperazine rings is 1. The molecule has 12 heteroatoms. The smallest absolute Gasteiger partial charge is 0.251 e. The van der Waals surface area contributed by atoms with Gasteiger partial charge in [-0.1, -0.05) is 42.5 Å². The molecular weight excluding hydrogens is 495 g/mol. The molecule has 0 unspecified atom stereocenters. The Morgan fingerprint density at radius 1 is 1.11 bits per heavy atom. The number of aliphatic imine (C=N–C) groups is 1. The first kappa shape index (κ1) is 26.7. The number of benzene rings is 2. The van der Waals surface area contributed by atoms with Crippen molar-refractivity contribution in [2.45, 2.75) is 19.3 Å². The van der Waals surface area contributed by atoms with E-state index in [9.17, 15) is 8.42 Å². The van der Waals surface area contributed by atoms with Crippen molar-refractivity contribution in [3.8, 4) is 11.1 Å². The Kier molecular flexibility index (Phi) is 7.62. The lowest BCUT2D eigenvalue weighted by Gasteiger charge is -2.34. The van der Waals surface area contributed by atoms with Crippen molar-refractivity contribution in [2.24, 2.45) is 22.9 Å². The third-order valence-electron chi connectivity index (χ3n) is 6.68. The zero-order chi connectivity index (χ0) is 26.8. The van der Waals surface area contributed by atoms with Gasteiger partial charge in [-0.15, -0.1) is 0 Å². The minimum atomic E-state index is -3.49. The molecule has 0 saturated carbocycles. The summed E-state index contributed by atoms with van der Waals surface area (Å²) in [6.07, 6.45) is 0. The Balaban J connectivity index is 1.48. The maximum absolute atomic E-state index is 15.0. The Morgan fingerprint density at radius 2 is 1.78 bits per heavy atom. The van der Waals surface area contributed by atoms with Crippen LogP contribution in [0.2, 0.25) is 0 Å². The molecule has 0 atom stereocenters. The number of aromatic nitrogens is 3. The molecule has 198 valence electrons. The predicted octanol–water partition coefficient (Wildman–Crippen LogP) is 1.80. The van der Waals surface area contributed by atoms with E-state index in [1.807, 2.05) is 60.0 Å². The number of nitrogens with two attached hydrogens (primary N) is 2. The van der Waals surface area contributed by atoms with Gasteiger partial charge in [0.25, 0.3) is 5.95 Å². The highest BCUT2D eigenvalue weighted by molar-refractivity contribution is 7.89. The number of halogens is 1. The van der Waals surface area contributed by atoms with Crippen molar-refractivity contribution in [1.29, 1.82) is 0 Å². The SMILES string of the molecule is Cn1nc(C(C)(C)c2ccc(-c3ccccc3)c(F)c2)nc1/N=C(\N)N1CCN(CCS(N)(=O)=O)CC1. The summed E-state index contributed by atoms with van der Waals surface area (Å²) in [7, 11) is -1.75. The maximum Gasteiger partial charge on any atom is 0.251 e. The van der Waals surface area contributed by atoms with Crippen molar-refractivity contribution in [2.75, 3.05) is 38.5 Å². The highest BCUT2D eigenvalue weighted by Crippen LogP contribution is 2.33. The summed E-state index contributed by atoms with van der Waals surface area (Å²) >= 11 is 0. The van der Waals surface area contributed by atoms with E-state index in [4.69, 9.17) is 10.9 Å². The summed E-state index contributed by atoms with van der Waals surface area (Å²) in [5.74, 6) is 0.773. The van der Waals surface area contributed by atoms with Crippen LogP contribution in [0.15, 0.2) is 53.5 Å². The number of sulfonamides is 1. The number of hydrogen-bond acceptors (Lipinski definition) is 6. The summed E-state index contributed by atoms with van der Waals surface area (Å²) < 4.78 is 39.0. The van der Waals surface area contributed by atoms with Gasteiger partial charge in [-0.05, 0) is 31.0 Å². The molecule has 2 heterocycles. The number of aryl methyl sites for hydroxylation is 1. The van der Waals surface area contributed by atoms with Crippen LogP contribution in [0.1, 0.15) is 25.2 Å². The molecule has 4 N–H and O–H groups in total. The van der Waals surface area contributed by atoms with Gasteiger partial charge >= 0.3 is 0 Å². The number of nitrogens with zero attached hydrogens (tertiary/aromatic N) is 6. The van der Waals surface area contributed by atoms with E-state index >= 15 is 4.39 Å². The molecule has 37 heavy (non-hydrogen) atoms. The number of guanidine groups is 1. The lowest BCUT2D eigenvalue weighted by Crippen LogP contribution is -2.51. The van der Waals surface area contributed by atoms with Crippen LogP contribution in [0.3, 0.4) is 0 Å². The summed E-state index contributed by atoms with van der Waals surface area (Å²) in [6.45, 7) is 6.76. The molecule has 2 aromatic carbocycles. The van der Waals surface area contributed by atoms with Crippen LogP contribution < -0.4 is 10.9 Å². The Bertz CT molecular complexity index is 1380. The van der Waals surface area contributed by atoms with E-state index in [1.54, 1.807) is 17.8 Å². The van der Waals surface area contributed by atoms with Gasteiger partial charge in [-0.3, -0.25) is 4.90 Å². The summed E-state index contributed by atoms with van der Waals surface area (Å²) in [6, 6.07) is 14.6.